The second-order valence-electron chi connectivity index (χ2n) is 7.69. The van der Waals surface area contributed by atoms with E-state index in [4.69, 9.17) is 14.2 Å². The first kappa shape index (κ1) is 23.8. The van der Waals surface area contributed by atoms with Crippen LogP contribution in [0.1, 0.15) is 24.8 Å². The summed E-state index contributed by atoms with van der Waals surface area (Å²) in [5.41, 5.74) is -1.43. The number of ether oxygens (including phenoxy) is 3. The van der Waals surface area contributed by atoms with Gasteiger partial charge in [0, 0.05) is 7.05 Å². The quantitative estimate of drug-likeness (QED) is 0.511. The number of benzene rings is 1. The van der Waals surface area contributed by atoms with Gasteiger partial charge in [-0.05, 0) is 43.2 Å². The van der Waals surface area contributed by atoms with Crippen molar-refractivity contribution in [2.24, 2.45) is 0 Å². The summed E-state index contributed by atoms with van der Waals surface area (Å²) in [6.07, 6.45) is 2.56. The molecule has 3 aromatic rings. The lowest BCUT2D eigenvalue weighted by atomic mass is 10.2. The van der Waals surface area contributed by atoms with Crippen molar-refractivity contribution in [1.29, 1.82) is 0 Å². The molecule has 4 rings (SSSR count). The summed E-state index contributed by atoms with van der Waals surface area (Å²) in [5.74, 6) is 0.493. The number of carbonyl (C=O) groups excluding carboxylic acids is 2. The van der Waals surface area contributed by atoms with Crippen molar-refractivity contribution in [1.82, 2.24) is 20.3 Å². The number of alkyl halides is 2. The highest BCUT2D eigenvalue weighted by molar-refractivity contribution is 6.03. The summed E-state index contributed by atoms with van der Waals surface area (Å²) in [5, 5.41) is 2.59. The van der Waals surface area contributed by atoms with Crippen LogP contribution in [0.15, 0.2) is 55.2 Å². The third-order valence-electron chi connectivity index (χ3n) is 5.30. The molecular weight excluding hydrogens is 464 g/mol. The maximum absolute atomic E-state index is 13.4. The van der Waals surface area contributed by atoms with Crippen LogP contribution >= 0.6 is 0 Å². The normalized spacial score (nSPS) is 13.6. The first-order chi connectivity index (χ1) is 16.8. The van der Waals surface area contributed by atoms with Crippen molar-refractivity contribution in [2.45, 2.75) is 24.8 Å². The Bertz CT molecular complexity index is 1210. The van der Waals surface area contributed by atoms with Crippen LogP contribution in [0.4, 0.5) is 19.4 Å². The molecule has 0 atom stereocenters. The minimum atomic E-state index is -2.76. The lowest BCUT2D eigenvalue weighted by molar-refractivity contribution is -0.121. The molecule has 1 aliphatic rings. The molecule has 1 N–H and O–H groups in total. The smallest absolute Gasteiger partial charge is 0.413 e. The van der Waals surface area contributed by atoms with Crippen LogP contribution in [0, 0.1) is 0 Å². The monoisotopic (exact) mass is 485 g/mol. The summed E-state index contributed by atoms with van der Waals surface area (Å²) < 4.78 is 42.4. The zero-order valence-corrected chi connectivity index (χ0v) is 18.8. The maximum Gasteiger partial charge on any atom is 0.413 e. The van der Waals surface area contributed by atoms with E-state index in [1.165, 1.54) is 74.3 Å². The molecule has 1 aromatic carbocycles. The Morgan fingerprint density at radius 3 is 2.37 bits per heavy atom. The molecule has 0 saturated heterocycles. The molecule has 12 heteroatoms. The van der Waals surface area contributed by atoms with Crippen LogP contribution in [-0.2, 0) is 4.79 Å². The highest BCUT2D eigenvalue weighted by Gasteiger charge is 2.53. The molecule has 1 fully saturated rings. The maximum atomic E-state index is 13.4. The molecule has 1 saturated carbocycles. The number of likely N-dealkylation sites (N-methyl/N-ethyl adjacent to an activating group) is 1. The molecule has 0 radical (unpaired) electrons. The van der Waals surface area contributed by atoms with Crippen LogP contribution in [0.25, 0.3) is 0 Å². The number of halogens is 2. The van der Waals surface area contributed by atoms with Gasteiger partial charge in [-0.15, -0.1) is 0 Å². The zero-order valence-electron chi connectivity index (χ0n) is 18.8. The number of carbonyl (C=O) groups is 2. The Hall–Kier alpha value is -4.35. The molecule has 0 aliphatic heterocycles. The van der Waals surface area contributed by atoms with E-state index >= 15 is 0 Å². The van der Waals surface area contributed by atoms with Crippen molar-refractivity contribution in [3.63, 3.8) is 0 Å². The van der Waals surface area contributed by atoms with Crippen molar-refractivity contribution in [2.75, 3.05) is 19.1 Å². The number of amides is 2. The Morgan fingerprint density at radius 1 is 1.06 bits per heavy atom. The number of hydrogen-bond acceptors (Lipinski definition) is 8. The number of aromatic nitrogens is 3. The Balaban J connectivity index is 1.41. The van der Waals surface area contributed by atoms with Gasteiger partial charge in [-0.1, -0.05) is 0 Å². The van der Waals surface area contributed by atoms with Gasteiger partial charge in [-0.3, -0.25) is 9.69 Å². The van der Waals surface area contributed by atoms with Gasteiger partial charge in [-0.2, -0.15) is 0 Å². The third kappa shape index (κ3) is 5.42. The van der Waals surface area contributed by atoms with Crippen molar-refractivity contribution < 1.29 is 32.6 Å². The standard InChI is InChI=1S/C23H21F2N5O5/c1-30(21(31)23(7-8-23)29-22(32)35-16-10-26-13-27-11-16)19-6-4-15(12-28-19)34-18-5-3-14(33-2)9-17(18)20(24)25/h3-6,9-13,20H,7-8H2,1-2H3,(H,29,32). The Labute approximate surface area is 198 Å². The summed E-state index contributed by atoms with van der Waals surface area (Å²) in [4.78, 5) is 38.3. The predicted molar refractivity (Wildman–Crippen MR) is 119 cm³/mol. The SMILES string of the molecule is COc1ccc(Oc2ccc(N(C)C(=O)C3(NC(=O)Oc4cncnc4)CC3)nc2)c(C(F)F)c1. The van der Waals surface area contributed by atoms with E-state index in [9.17, 15) is 18.4 Å². The first-order valence-electron chi connectivity index (χ1n) is 10.4. The lowest BCUT2D eigenvalue weighted by Crippen LogP contribution is -2.50. The number of nitrogens with one attached hydrogen (secondary N) is 1. The van der Waals surface area contributed by atoms with Crippen molar-refractivity contribution in [3.05, 3.63) is 60.8 Å². The van der Waals surface area contributed by atoms with Gasteiger partial charge < -0.3 is 19.5 Å². The van der Waals surface area contributed by atoms with E-state index in [0.29, 0.717) is 12.8 Å². The molecule has 182 valence electrons. The van der Waals surface area contributed by atoms with E-state index in [1.807, 2.05) is 0 Å². The average Bonchev–Trinajstić information content (AvgIpc) is 3.64. The molecule has 2 aromatic heterocycles. The second kappa shape index (κ2) is 9.87. The van der Waals surface area contributed by atoms with Gasteiger partial charge >= 0.3 is 6.09 Å². The van der Waals surface area contributed by atoms with Crippen LogP contribution in [0.3, 0.4) is 0 Å². The fourth-order valence-corrected chi connectivity index (χ4v) is 3.28. The number of rotatable bonds is 8. The molecule has 1 aliphatic carbocycles. The van der Waals surface area contributed by atoms with Gasteiger partial charge in [0.05, 0.1) is 31.3 Å². The molecule has 2 heterocycles. The summed E-state index contributed by atoms with van der Waals surface area (Å²) in [6.45, 7) is 0. The number of anilines is 1. The van der Waals surface area contributed by atoms with Gasteiger partial charge in [0.25, 0.3) is 12.3 Å². The van der Waals surface area contributed by atoms with Gasteiger partial charge in [0.2, 0.25) is 0 Å². The average molecular weight is 485 g/mol. The predicted octanol–water partition coefficient (Wildman–Crippen LogP) is 3.89. The molecule has 2 amide bonds. The lowest BCUT2D eigenvalue weighted by Gasteiger charge is -2.23. The fourth-order valence-electron chi connectivity index (χ4n) is 3.28. The van der Waals surface area contributed by atoms with Crippen molar-refractivity contribution >= 4 is 17.8 Å². The summed E-state index contributed by atoms with van der Waals surface area (Å²) >= 11 is 0. The largest absolute Gasteiger partial charge is 0.497 e. The molecule has 35 heavy (non-hydrogen) atoms. The summed E-state index contributed by atoms with van der Waals surface area (Å²) in [6, 6.07) is 7.10. The van der Waals surface area contributed by atoms with Crippen LogP contribution < -0.4 is 24.4 Å². The molecular formula is C23H21F2N5O5. The molecule has 10 nitrogen and oxygen atoms in total. The molecule has 0 spiro atoms. The van der Waals surface area contributed by atoms with E-state index in [2.05, 4.69) is 20.3 Å². The van der Waals surface area contributed by atoms with E-state index < -0.39 is 18.1 Å². The Kier molecular flexibility index (Phi) is 6.71. The Morgan fingerprint density at radius 2 is 1.77 bits per heavy atom. The zero-order chi connectivity index (χ0) is 25.0. The number of nitrogens with zero attached hydrogens (tertiary/aromatic N) is 4. The van der Waals surface area contributed by atoms with Crippen molar-refractivity contribution in [3.8, 4) is 23.0 Å². The third-order valence-corrected chi connectivity index (χ3v) is 5.30. The first-order valence-corrected chi connectivity index (χ1v) is 10.4. The van der Waals surface area contributed by atoms with Crippen LogP contribution in [0.2, 0.25) is 0 Å². The van der Waals surface area contributed by atoms with E-state index in [-0.39, 0.29) is 40.3 Å². The van der Waals surface area contributed by atoms with Crippen LogP contribution in [0.5, 0.6) is 23.0 Å². The fraction of sp³-hybridized carbons (Fsp3) is 0.261. The van der Waals surface area contributed by atoms with E-state index in [0.717, 1.165) is 0 Å². The minimum absolute atomic E-state index is 0.0387. The highest BCUT2D eigenvalue weighted by Crippen LogP contribution is 2.38. The second-order valence-corrected chi connectivity index (χ2v) is 7.69. The topological polar surface area (TPSA) is 116 Å². The minimum Gasteiger partial charge on any atom is -0.497 e. The van der Waals surface area contributed by atoms with Crippen LogP contribution in [-0.4, -0.2) is 46.6 Å². The summed E-state index contributed by atoms with van der Waals surface area (Å²) in [7, 11) is 2.90. The molecule has 0 bridgehead atoms. The van der Waals surface area contributed by atoms with Gasteiger partial charge in [0.15, 0.2) is 5.75 Å². The van der Waals surface area contributed by atoms with Gasteiger partial charge in [-0.25, -0.2) is 28.5 Å². The molecule has 0 unspecified atom stereocenters. The number of hydrogen-bond donors (Lipinski definition) is 1. The number of pyridine rings is 1. The van der Waals surface area contributed by atoms with E-state index in [1.54, 1.807) is 0 Å². The number of methoxy groups -OCH3 is 1. The highest BCUT2D eigenvalue weighted by atomic mass is 19.3. The van der Waals surface area contributed by atoms with Gasteiger partial charge in [0.1, 0.15) is 34.9 Å².